The summed E-state index contributed by atoms with van der Waals surface area (Å²) in [5, 5.41) is 15.6. The maximum absolute atomic E-state index is 12.1. The Morgan fingerprint density at radius 1 is 1.24 bits per heavy atom. The number of amides is 1. The van der Waals surface area contributed by atoms with Crippen LogP contribution in [0.3, 0.4) is 0 Å². The van der Waals surface area contributed by atoms with Crippen molar-refractivity contribution in [2.45, 2.75) is 58.2 Å². The van der Waals surface area contributed by atoms with Crippen LogP contribution in [0.4, 0.5) is 4.79 Å². The second-order valence-corrected chi connectivity index (χ2v) is 7.32. The first-order valence-corrected chi connectivity index (χ1v) is 8.68. The Morgan fingerprint density at radius 2 is 1.84 bits per heavy atom. The van der Waals surface area contributed by atoms with Crippen molar-refractivity contribution < 1.29 is 19.4 Å². The lowest BCUT2D eigenvalue weighted by molar-refractivity contribution is -0.139. The molecule has 0 bridgehead atoms. The van der Waals surface area contributed by atoms with Crippen LogP contribution in [0, 0.1) is 0 Å². The molecule has 0 aromatic heterocycles. The van der Waals surface area contributed by atoms with Gasteiger partial charge < -0.3 is 20.5 Å². The molecule has 1 aromatic rings. The number of hydrogen-bond acceptors (Lipinski definition) is 4. The summed E-state index contributed by atoms with van der Waals surface area (Å²) in [6, 6.07) is 6.33. The summed E-state index contributed by atoms with van der Waals surface area (Å²) in [5.41, 5.74) is 0.380. The fourth-order valence-electron chi connectivity index (χ4n) is 2.24. The Hall–Kier alpha value is -1.79. The van der Waals surface area contributed by atoms with E-state index in [2.05, 4.69) is 10.6 Å². The predicted octanol–water partition coefficient (Wildman–Crippen LogP) is 3.23. The second kappa shape index (κ2) is 9.63. The normalized spacial score (nSPS) is 13.8. The monoisotopic (exact) mass is 370 g/mol. The van der Waals surface area contributed by atoms with Gasteiger partial charge in [-0.05, 0) is 51.3 Å². The van der Waals surface area contributed by atoms with Crippen LogP contribution < -0.4 is 10.6 Å². The molecule has 1 rings (SSSR count). The molecule has 0 saturated carbocycles. The number of halogens is 1. The van der Waals surface area contributed by atoms with Crippen LogP contribution in [0.25, 0.3) is 0 Å². The summed E-state index contributed by atoms with van der Waals surface area (Å²) in [4.78, 5) is 23.2. The maximum Gasteiger partial charge on any atom is 0.407 e. The van der Waals surface area contributed by atoms with Crippen LogP contribution in [0.5, 0.6) is 0 Å². The molecule has 140 valence electrons. The number of carbonyl (C=O) groups is 2. The average molecular weight is 371 g/mol. The van der Waals surface area contributed by atoms with Crippen LogP contribution in [0.15, 0.2) is 24.3 Å². The molecule has 0 aliphatic carbocycles. The molecule has 0 radical (unpaired) electrons. The molecular formula is C18H27ClN2O4. The molecular weight excluding hydrogens is 344 g/mol. The minimum absolute atomic E-state index is 0.312. The summed E-state index contributed by atoms with van der Waals surface area (Å²) in [6.07, 6.45) is 0.450. The van der Waals surface area contributed by atoms with Crippen LogP contribution in [-0.2, 0) is 16.0 Å². The van der Waals surface area contributed by atoms with Gasteiger partial charge in [0, 0.05) is 17.6 Å². The van der Waals surface area contributed by atoms with E-state index >= 15 is 0 Å². The van der Waals surface area contributed by atoms with Gasteiger partial charge >= 0.3 is 12.1 Å². The number of alkyl carbamates (subject to hydrolysis) is 1. The van der Waals surface area contributed by atoms with E-state index < -0.39 is 23.7 Å². The Balaban J connectivity index is 2.76. The van der Waals surface area contributed by atoms with Gasteiger partial charge in [-0.1, -0.05) is 30.7 Å². The molecule has 1 amide bonds. The number of rotatable bonds is 8. The number of ether oxygens (including phenoxy) is 1. The third-order valence-electron chi connectivity index (χ3n) is 3.43. The molecule has 0 saturated heterocycles. The molecule has 0 aliphatic heterocycles. The molecule has 3 N–H and O–H groups in total. The second-order valence-electron chi connectivity index (χ2n) is 6.88. The molecule has 25 heavy (non-hydrogen) atoms. The molecule has 0 unspecified atom stereocenters. The minimum Gasteiger partial charge on any atom is -0.480 e. The largest absolute Gasteiger partial charge is 0.480 e. The minimum atomic E-state index is -0.912. The van der Waals surface area contributed by atoms with Gasteiger partial charge in [-0.15, -0.1) is 0 Å². The highest BCUT2D eigenvalue weighted by atomic mass is 35.5. The van der Waals surface area contributed by atoms with E-state index in [9.17, 15) is 9.59 Å². The Morgan fingerprint density at radius 3 is 2.32 bits per heavy atom. The van der Waals surface area contributed by atoms with Gasteiger partial charge in [-0.25, -0.2) is 4.79 Å². The predicted molar refractivity (Wildman–Crippen MR) is 98.0 cm³/mol. The molecule has 6 nitrogen and oxygen atoms in total. The van der Waals surface area contributed by atoms with Gasteiger partial charge in [0.05, 0.1) is 0 Å². The lowest BCUT2D eigenvalue weighted by Gasteiger charge is -2.25. The van der Waals surface area contributed by atoms with Crippen molar-refractivity contribution >= 4 is 23.7 Å². The highest BCUT2D eigenvalue weighted by Crippen LogP contribution is 2.12. The van der Waals surface area contributed by atoms with Gasteiger partial charge in [0.25, 0.3) is 0 Å². The summed E-state index contributed by atoms with van der Waals surface area (Å²) >= 11 is 5.89. The fraction of sp³-hybridized carbons (Fsp3) is 0.556. The van der Waals surface area contributed by atoms with Crippen molar-refractivity contribution in [3.05, 3.63) is 34.9 Å². The van der Waals surface area contributed by atoms with Crippen molar-refractivity contribution in [1.82, 2.24) is 10.6 Å². The first kappa shape index (κ1) is 21.3. The van der Waals surface area contributed by atoms with Crippen molar-refractivity contribution in [3.8, 4) is 0 Å². The smallest absolute Gasteiger partial charge is 0.407 e. The van der Waals surface area contributed by atoms with Crippen molar-refractivity contribution in [2.75, 3.05) is 6.54 Å². The number of carboxylic acids is 1. The lowest BCUT2D eigenvalue weighted by Crippen LogP contribution is -2.49. The van der Waals surface area contributed by atoms with Crippen LogP contribution in [0.1, 0.15) is 39.7 Å². The van der Waals surface area contributed by atoms with E-state index in [0.717, 1.165) is 5.56 Å². The van der Waals surface area contributed by atoms with Crippen LogP contribution in [0.2, 0.25) is 5.02 Å². The molecule has 0 aliphatic rings. The first-order valence-electron chi connectivity index (χ1n) is 8.31. The quantitative estimate of drug-likeness (QED) is 0.654. The maximum atomic E-state index is 12.1. The number of carbonyl (C=O) groups excluding carboxylic acids is 1. The SMILES string of the molecule is CC[C@H](NC[C@H](Cc1ccc(Cl)cc1)NC(=O)OC(C)(C)C)C(=O)O. The van der Waals surface area contributed by atoms with Crippen LogP contribution >= 0.6 is 11.6 Å². The van der Waals surface area contributed by atoms with Gasteiger partial charge in [0.1, 0.15) is 11.6 Å². The number of carboxylic acid groups (broad SMARTS) is 1. The molecule has 0 spiro atoms. The highest BCUT2D eigenvalue weighted by Gasteiger charge is 2.22. The molecule has 0 heterocycles. The summed E-state index contributed by atoms with van der Waals surface area (Å²) < 4.78 is 5.29. The van der Waals surface area contributed by atoms with Gasteiger partial charge in [0.2, 0.25) is 0 Å². The molecule has 7 heteroatoms. The molecule has 1 aromatic carbocycles. The van der Waals surface area contributed by atoms with Gasteiger partial charge in [-0.2, -0.15) is 0 Å². The topological polar surface area (TPSA) is 87.7 Å². The summed E-state index contributed by atoms with van der Waals surface area (Å²) in [7, 11) is 0. The number of nitrogens with one attached hydrogen (secondary N) is 2. The van der Waals surface area contributed by atoms with Gasteiger partial charge in [0.15, 0.2) is 0 Å². The van der Waals surface area contributed by atoms with Crippen molar-refractivity contribution in [3.63, 3.8) is 0 Å². The molecule has 0 fully saturated rings. The Kier molecular flexibility index (Phi) is 8.19. The van der Waals surface area contributed by atoms with Gasteiger partial charge in [-0.3, -0.25) is 4.79 Å². The van der Waals surface area contributed by atoms with Crippen LogP contribution in [-0.4, -0.2) is 41.4 Å². The van der Waals surface area contributed by atoms with E-state index in [-0.39, 0.29) is 6.04 Å². The molecule has 2 atom stereocenters. The zero-order chi connectivity index (χ0) is 19.0. The number of aliphatic carboxylic acids is 1. The number of benzene rings is 1. The van der Waals surface area contributed by atoms with Crippen molar-refractivity contribution in [1.29, 1.82) is 0 Å². The summed E-state index contributed by atoms with van der Waals surface area (Å²) in [5.74, 6) is -0.912. The lowest BCUT2D eigenvalue weighted by atomic mass is 10.1. The van der Waals surface area contributed by atoms with E-state index in [0.29, 0.717) is 24.4 Å². The fourth-order valence-corrected chi connectivity index (χ4v) is 2.37. The van der Waals surface area contributed by atoms with Crippen molar-refractivity contribution in [2.24, 2.45) is 0 Å². The number of hydrogen-bond donors (Lipinski definition) is 3. The standard InChI is InChI=1S/C18H27ClN2O4/c1-5-15(16(22)23)20-11-14(21-17(24)25-18(2,3)4)10-12-6-8-13(19)9-7-12/h6-9,14-15,20H,5,10-11H2,1-4H3,(H,21,24)(H,22,23)/t14-,15-/m0/s1. The Labute approximate surface area is 153 Å². The third-order valence-corrected chi connectivity index (χ3v) is 3.69. The van der Waals surface area contributed by atoms with E-state index in [1.165, 1.54) is 0 Å². The highest BCUT2D eigenvalue weighted by molar-refractivity contribution is 6.30. The first-order chi connectivity index (χ1) is 11.6. The average Bonchev–Trinajstić information content (AvgIpc) is 2.47. The Bertz CT molecular complexity index is 569. The summed E-state index contributed by atoms with van der Waals surface area (Å²) in [6.45, 7) is 7.47. The van der Waals surface area contributed by atoms with E-state index in [4.69, 9.17) is 21.4 Å². The zero-order valence-electron chi connectivity index (χ0n) is 15.1. The van der Waals surface area contributed by atoms with E-state index in [1.54, 1.807) is 39.8 Å². The zero-order valence-corrected chi connectivity index (χ0v) is 15.9. The third kappa shape index (κ3) is 8.74. The van der Waals surface area contributed by atoms with E-state index in [1.807, 2.05) is 12.1 Å².